The third kappa shape index (κ3) is 4.47. The Bertz CT molecular complexity index is 927. The Morgan fingerprint density at radius 2 is 1.88 bits per heavy atom. The van der Waals surface area contributed by atoms with Crippen LogP contribution in [0, 0.1) is 0 Å². The van der Waals surface area contributed by atoms with E-state index in [1.165, 1.54) is 10.5 Å². The smallest absolute Gasteiger partial charge is 0.351 e. The summed E-state index contributed by atoms with van der Waals surface area (Å²) >= 11 is 6.80. The lowest BCUT2D eigenvalue weighted by Crippen LogP contribution is -2.24. The topological polar surface area (TPSA) is 59.3 Å². The van der Waals surface area contributed by atoms with Gasteiger partial charge in [-0.05, 0) is 29.8 Å². The van der Waals surface area contributed by atoms with Crippen molar-refractivity contribution in [1.82, 2.24) is 19.9 Å². The Morgan fingerprint density at radius 3 is 2.58 bits per heavy atom. The minimum atomic E-state index is -4.46. The molecule has 0 saturated heterocycles. The second-order valence-electron chi connectivity index (χ2n) is 5.32. The van der Waals surface area contributed by atoms with Gasteiger partial charge < -0.3 is 5.32 Å². The van der Waals surface area contributed by atoms with E-state index in [1.807, 2.05) is 0 Å². The fourth-order valence-electron chi connectivity index (χ4n) is 2.12. The van der Waals surface area contributed by atoms with Crippen LogP contribution in [0.3, 0.4) is 0 Å². The number of hydrogen-bond donors (Lipinski definition) is 1. The summed E-state index contributed by atoms with van der Waals surface area (Å²) in [6.07, 6.45) is -3.54. The Hall–Kier alpha value is -2.26. The predicted molar refractivity (Wildman–Crippen MR) is 92.0 cm³/mol. The van der Waals surface area contributed by atoms with Crippen LogP contribution in [0.2, 0.25) is 5.02 Å². The summed E-state index contributed by atoms with van der Waals surface area (Å²) in [6, 6.07) is 9.20. The number of halogens is 4. The highest BCUT2D eigenvalue weighted by molar-refractivity contribution is 7.99. The maximum atomic E-state index is 12.8. The van der Waals surface area contributed by atoms with Crippen molar-refractivity contribution in [2.75, 3.05) is 5.75 Å². The predicted octanol–water partition coefficient (Wildman–Crippen LogP) is 3.81. The summed E-state index contributed by atoms with van der Waals surface area (Å²) in [5, 5.41) is 11.2. The zero-order chi connectivity index (χ0) is 18.7. The first kappa shape index (κ1) is 18.5. The van der Waals surface area contributed by atoms with E-state index in [0.29, 0.717) is 11.6 Å². The number of pyridine rings is 1. The van der Waals surface area contributed by atoms with Crippen molar-refractivity contribution in [3.05, 3.63) is 58.7 Å². The van der Waals surface area contributed by atoms with E-state index in [-0.39, 0.29) is 22.5 Å². The quantitative estimate of drug-likeness (QED) is 0.662. The Labute approximate surface area is 155 Å². The van der Waals surface area contributed by atoms with E-state index in [0.717, 1.165) is 29.6 Å². The van der Waals surface area contributed by atoms with Crippen LogP contribution in [0.1, 0.15) is 11.1 Å². The first-order valence-electron chi connectivity index (χ1n) is 7.39. The number of nitrogens with one attached hydrogen (secondary N) is 1. The molecule has 10 heteroatoms. The average molecular weight is 401 g/mol. The number of fused-ring (bicyclic) bond motifs is 1. The Kier molecular flexibility index (Phi) is 5.38. The molecule has 136 valence electrons. The van der Waals surface area contributed by atoms with Crippen molar-refractivity contribution in [3.63, 3.8) is 0 Å². The maximum Gasteiger partial charge on any atom is 0.417 e. The van der Waals surface area contributed by atoms with Crippen LogP contribution in [0.4, 0.5) is 13.2 Å². The van der Waals surface area contributed by atoms with E-state index in [4.69, 9.17) is 11.6 Å². The van der Waals surface area contributed by atoms with Crippen molar-refractivity contribution in [2.45, 2.75) is 17.9 Å². The van der Waals surface area contributed by atoms with Gasteiger partial charge in [-0.2, -0.15) is 13.2 Å². The summed E-state index contributed by atoms with van der Waals surface area (Å²) in [6.45, 7) is 0.329. The normalized spacial score (nSPS) is 11.7. The molecule has 3 aromatic rings. The lowest BCUT2D eigenvalue weighted by atomic mass is 10.2. The van der Waals surface area contributed by atoms with Crippen LogP contribution in [0.5, 0.6) is 0 Å². The molecule has 0 unspecified atom stereocenters. The van der Waals surface area contributed by atoms with Gasteiger partial charge in [0.25, 0.3) is 0 Å². The van der Waals surface area contributed by atoms with E-state index < -0.39 is 11.7 Å². The van der Waals surface area contributed by atoms with Gasteiger partial charge in [0, 0.05) is 17.8 Å². The number of amides is 1. The first-order valence-corrected chi connectivity index (χ1v) is 8.75. The van der Waals surface area contributed by atoms with Gasteiger partial charge in [0.15, 0.2) is 10.8 Å². The zero-order valence-corrected chi connectivity index (χ0v) is 14.7. The molecule has 2 heterocycles. The number of rotatable bonds is 5. The molecular formula is C16H12ClF3N4OS. The fourth-order valence-corrected chi connectivity index (χ4v) is 2.99. The Morgan fingerprint density at radius 1 is 1.15 bits per heavy atom. The highest BCUT2D eigenvalue weighted by Gasteiger charge is 2.31. The fraction of sp³-hybridized carbons (Fsp3) is 0.188. The molecule has 2 aromatic heterocycles. The molecule has 0 aliphatic heterocycles. The molecule has 0 saturated carbocycles. The number of thioether (sulfide) groups is 1. The van der Waals surface area contributed by atoms with E-state index in [2.05, 4.69) is 15.5 Å². The molecular weight excluding hydrogens is 389 g/mol. The molecule has 0 radical (unpaired) electrons. The molecule has 0 spiro atoms. The van der Waals surface area contributed by atoms with E-state index in [1.54, 1.807) is 24.3 Å². The molecule has 0 aliphatic rings. The average Bonchev–Trinajstić information content (AvgIpc) is 3.01. The standard InChI is InChI=1S/C16H12ClF3N4OS/c17-12-4-1-10(2-5-12)7-21-14(25)9-26-15-23-22-13-6-3-11(8-24(13)15)16(18,19)20/h1-6,8H,7,9H2,(H,21,25). The molecule has 1 amide bonds. The second-order valence-corrected chi connectivity index (χ2v) is 6.70. The van der Waals surface area contributed by atoms with E-state index >= 15 is 0 Å². The van der Waals surface area contributed by atoms with E-state index in [9.17, 15) is 18.0 Å². The monoisotopic (exact) mass is 400 g/mol. The summed E-state index contributed by atoms with van der Waals surface area (Å²) in [5.74, 6) is -0.265. The van der Waals surface area contributed by atoms with Crippen molar-refractivity contribution in [3.8, 4) is 0 Å². The van der Waals surface area contributed by atoms with Gasteiger partial charge in [-0.3, -0.25) is 9.20 Å². The Balaban J connectivity index is 1.62. The van der Waals surface area contributed by atoms with Gasteiger partial charge in [0.1, 0.15) is 0 Å². The summed E-state index contributed by atoms with van der Waals surface area (Å²) < 4.78 is 39.7. The molecule has 5 nitrogen and oxygen atoms in total. The minimum Gasteiger partial charge on any atom is -0.351 e. The van der Waals surface area contributed by atoms with Gasteiger partial charge in [-0.1, -0.05) is 35.5 Å². The number of aromatic nitrogens is 3. The molecule has 3 rings (SSSR count). The number of carbonyl (C=O) groups is 1. The van der Waals surface area contributed by atoms with Crippen LogP contribution in [0.15, 0.2) is 47.8 Å². The lowest BCUT2D eigenvalue weighted by molar-refractivity contribution is -0.137. The van der Waals surface area contributed by atoms with Gasteiger partial charge >= 0.3 is 6.18 Å². The van der Waals surface area contributed by atoms with Crippen LogP contribution in [-0.2, 0) is 17.5 Å². The van der Waals surface area contributed by atoms with Gasteiger partial charge in [0.05, 0.1) is 11.3 Å². The van der Waals surface area contributed by atoms with Gasteiger partial charge in [-0.25, -0.2) is 0 Å². The van der Waals surface area contributed by atoms with Crippen LogP contribution >= 0.6 is 23.4 Å². The first-order chi connectivity index (χ1) is 12.3. The molecule has 1 aromatic carbocycles. The molecule has 1 N–H and O–H groups in total. The lowest BCUT2D eigenvalue weighted by Gasteiger charge is -2.07. The molecule has 26 heavy (non-hydrogen) atoms. The SMILES string of the molecule is O=C(CSc1nnc2ccc(C(F)(F)F)cn12)NCc1ccc(Cl)cc1. The third-order valence-corrected chi connectivity index (χ3v) is 4.63. The summed E-state index contributed by atoms with van der Waals surface area (Å²) in [5.41, 5.74) is 0.358. The summed E-state index contributed by atoms with van der Waals surface area (Å²) in [7, 11) is 0. The van der Waals surface area contributed by atoms with Crippen molar-refractivity contribution < 1.29 is 18.0 Å². The number of benzene rings is 1. The summed E-state index contributed by atoms with van der Waals surface area (Å²) in [4.78, 5) is 11.9. The number of carbonyl (C=O) groups excluding carboxylic acids is 1. The largest absolute Gasteiger partial charge is 0.417 e. The third-order valence-electron chi connectivity index (χ3n) is 3.43. The van der Waals surface area contributed by atoms with Crippen LogP contribution in [-0.4, -0.2) is 26.3 Å². The molecule has 0 atom stereocenters. The van der Waals surface area contributed by atoms with Crippen molar-refractivity contribution in [2.24, 2.45) is 0 Å². The minimum absolute atomic E-state index is 0.00459. The molecule has 0 aliphatic carbocycles. The van der Waals surface area contributed by atoms with Gasteiger partial charge in [0.2, 0.25) is 5.91 Å². The highest BCUT2D eigenvalue weighted by atomic mass is 35.5. The van der Waals surface area contributed by atoms with Crippen molar-refractivity contribution in [1.29, 1.82) is 0 Å². The maximum absolute atomic E-state index is 12.8. The number of nitrogens with zero attached hydrogens (tertiary/aromatic N) is 3. The second kappa shape index (κ2) is 7.55. The highest BCUT2D eigenvalue weighted by Crippen LogP contribution is 2.30. The number of alkyl halides is 3. The van der Waals surface area contributed by atoms with Crippen LogP contribution < -0.4 is 5.32 Å². The molecule has 0 fully saturated rings. The molecule has 0 bridgehead atoms. The van der Waals surface area contributed by atoms with Crippen molar-refractivity contribution >= 4 is 34.9 Å². The number of hydrogen-bond acceptors (Lipinski definition) is 4. The van der Waals surface area contributed by atoms with Crippen LogP contribution in [0.25, 0.3) is 5.65 Å². The van der Waals surface area contributed by atoms with Gasteiger partial charge in [-0.15, -0.1) is 10.2 Å². The zero-order valence-electron chi connectivity index (χ0n) is 13.1.